The predicted octanol–water partition coefficient (Wildman–Crippen LogP) is 2.79. The first-order valence-electron chi connectivity index (χ1n) is 11.3. The van der Waals surface area contributed by atoms with Crippen LogP contribution in [0.3, 0.4) is 0 Å². The molecule has 200 valence electrons. The molecule has 0 aromatic heterocycles. The summed E-state index contributed by atoms with van der Waals surface area (Å²) < 4.78 is 59.5. The van der Waals surface area contributed by atoms with Crippen molar-refractivity contribution in [2.45, 2.75) is 25.2 Å². The van der Waals surface area contributed by atoms with E-state index >= 15 is 0 Å². The third-order valence-corrected chi connectivity index (χ3v) is 5.25. The Morgan fingerprint density at radius 1 is 1.18 bits per heavy atom. The fourth-order valence-electron chi connectivity index (χ4n) is 3.53. The van der Waals surface area contributed by atoms with Gasteiger partial charge in [-0.15, -0.1) is 13.2 Å². The molecule has 1 fully saturated rings. The van der Waals surface area contributed by atoms with Gasteiger partial charge in [-0.2, -0.15) is 5.26 Å². The third kappa shape index (κ3) is 8.81. The standard InChI is InChI=1S/C25H22F4N4O5/c26-17-3-1-2-15(10-17)11-21(24(36)32-18(13-30)12-16-8-9-31-23(16)35)33-22(34)14-37-19-4-6-20(7-5-19)38-25(27,28)29/h1-7,10-11,16,18H,8-9,12,14H2,(H,31,35)(H,32,36)(H,33,34)/b21-11-/t16-,18-/m0/s1. The molecular formula is C25H22F4N4O5. The van der Waals surface area contributed by atoms with Crippen LogP contribution in [0.1, 0.15) is 18.4 Å². The SMILES string of the molecule is N#C[C@H](C[C@@H]1CCNC1=O)NC(=O)/C(=C/c1cccc(F)c1)NC(=O)COc1ccc(OC(F)(F)F)cc1. The molecule has 9 nitrogen and oxygen atoms in total. The Morgan fingerprint density at radius 3 is 2.50 bits per heavy atom. The number of alkyl halides is 3. The molecule has 0 aliphatic carbocycles. The van der Waals surface area contributed by atoms with E-state index in [4.69, 9.17) is 4.74 Å². The number of hydrogen-bond donors (Lipinski definition) is 3. The zero-order chi connectivity index (χ0) is 27.7. The van der Waals surface area contributed by atoms with Gasteiger partial charge in [0.15, 0.2) is 6.61 Å². The summed E-state index contributed by atoms with van der Waals surface area (Å²) in [6.07, 6.45) is -3.10. The highest BCUT2D eigenvalue weighted by molar-refractivity contribution is 6.01. The summed E-state index contributed by atoms with van der Waals surface area (Å²) in [6, 6.07) is 10.3. The van der Waals surface area contributed by atoms with Gasteiger partial charge in [-0.1, -0.05) is 12.1 Å². The summed E-state index contributed by atoms with van der Waals surface area (Å²) in [5.41, 5.74) is -0.0884. The fourth-order valence-corrected chi connectivity index (χ4v) is 3.53. The quantitative estimate of drug-likeness (QED) is 0.318. The molecule has 3 amide bonds. The summed E-state index contributed by atoms with van der Waals surface area (Å²) in [4.78, 5) is 37.3. The highest BCUT2D eigenvalue weighted by atomic mass is 19.4. The van der Waals surface area contributed by atoms with Crippen molar-refractivity contribution < 1.29 is 41.4 Å². The molecule has 1 heterocycles. The van der Waals surface area contributed by atoms with E-state index in [-0.39, 0.29) is 29.3 Å². The van der Waals surface area contributed by atoms with E-state index in [0.29, 0.717) is 13.0 Å². The average molecular weight is 534 g/mol. The molecule has 2 atom stereocenters. The summed E-state index contributed by atoms with van der Waals surface area (Å²) in [5, 5.41) is 16.9. The molecule has 0 spiro atoms. The lowest BCUT2D eigenvalue weighted by atomic mass is 9.99. The zero-order valence-corrected chi connectivity index (χ0v) is 19.7. The Bertz CT molecular complexity index is 1240. The van der Waals surface area contributed by atoms with E-state index in [1.807, 2.05) is 6.07 Å². The van der Waals surface area contributed by atoms with Gasteiger partial charge in [0.25, 0.3) is 11.8 Å². The lowest BCUT2D eigenvalue weighted by molar-refractivity contribution is -0.274. The Kier molecular flexibility index (Phi) is 9.26. The van der Waals surface area contributed by atoms with E-state index in [2.05, 4.69) is 20.7 Å². The Hall–Kier alpha value is -4.60. The highest BCUT2D eigenvalue weighted by Gasteiger charge is 2.31. The number of ether oxygens (including phenoxy) is 2. The second kappa shape index (κ2) is 12.6. The van der Waals surface area contributed by atoms with E-state index in [9.17, 15) is 37.2 Å². The van der Waals surface area contributed by atoms with Gasteiger partial charge in [-0.3, -0.25) is 14.4 Å². The Morgan fingerprint density at radius 2 is 1.89 bits per heavy atom. The van der Waals surface area contributed by atoms with Crippen LogP contribution in [0.4, 0.5) is 17.6 Å². The number of benzene rings is 2. The largest absolute Gasteiger partial charge is 0.573 e. The molecule has 3 rings (SSSR count). The number of rotatable bonds is 10. The molecule has 2 aromatic rings. The first-order valence-corrected chi connectivity index (χ1v) is 11.3. The molecule has 0 radical (unpaired) electrons. The van der Waals surface area contributed by atoms with Crippen molar-refractivity contribution in [1.29, 1.82) is 5.26 Å². The molecule has 1 saturated heterocycles. The van der Waals surface area contributed by atoms with E-state index in [1.165, 1.54) is 24.3 Å². The molecule has 2 aromatic carbocycles. The van der Waals surface area contributed by atoms with Crippen LogP contribution in [0.2, 0.25) is 0 Å². The smallest absolute Gasteiger partial charge is 0.484 e. The molecule has 13 heteroatoms. The van der Waals surface area contributed by atoms with E-state index in [0.717, 1.165) is 30.3 Å². The molecule has 38 heavy (non-hydrogen) atoms. The number of halogens is 4. The van der Waals surface area contributed by atoms with Gasteiger partial charge in [-0.25, -0.2) is 4.39 Å². The van der Waals surface area contributed by atoms with Crippen molar-refractivity contribution in [3.8, 4) is 17.6 Å². The summed E-state index contributed by atoms with van der Waals surface area (Å²) in [5.74, 6) is -3.37. The van der Waals surface area contributed by atoms with Crippen LogP contribution >= 0.6 is 0 Å². The van der Waals surface area contributed by atoms with Gasteiger partial charge in [0.1, 0.15) is 29.1 Å². The van der Waals surface area contributed by atoms with Crippen molar-refractivity contribution in [2.24, 2.45) is 5.92 Å². The molecule has 0 saturated carbocycles. The lowest BCUT2D eigenvalue weighted by Gasteiger charge is -2.17. The number of hydrogen-bond acceptors (Lipinski definition) is 6. The topological polar surface area (TPSA) is 130 Å². The van der Waals surface area contributed by atoms with Crippen LogP contribution in [0.15, 0.2) is 54.2 Å². The molecular weight excluding hydrogens is 512 g/mol. The maximum Gasteiger partial charge on any atom is 0.573 e. The van der Waals surface area contributed by atoms with Crippen molar-refractivity contribution in [2.75, 3.05) is 13.2 Å². The number of nitriles is 1. The van der Waals surface area contributed by atoms with Gasteiger partial charge >= 0.3 is 6.36 Å². The fraction of sp³-hybridized carbons (Fsp3) is 0.280. The first-order chi connectivity index (χ1) is 18.0. The predicted molar refractivity (Wildman–Crippen MR) is 124 cm³/mol. The number of carbonyl (C=O) groups excluding carboxylic acids is 3. The summed E-state index contributed by atoms with van der Waals surface area (Å²) in [6.45, 7) is -0.161. The molecule has 0 bridgehead atoms. The minimum absolute atomic E-state index is 0.0502. The monoisotopic (exact) mass is 534 g/mol. The van der Waals surface area contributed by atoms with Gasteiger partial charge in [-0.05, 0) is 60.9 Å². The average Bonchev–Trinajstić information content (AvgIpc) is 3.26. The molecule has 1 aliphatic rings. The van der Waals surface area contributed by atoms with Crippen LogP contribution in [-0.2, 0) is 14.4 Å². The maximum absolute atomic E-state index is 13.6. The molecule has 0 unspecified atom stereocenters. The Balaban J connectivity index is 1.67. The third-order valence-electron chi connectivity index (χ3n) is 5.25. The number of carbonyl (C=O) groups is 3. The van der Waals surface area contributed by atoms with Crippen molar-refractivity contribution in [3.63, 3.8) is 0 Å². The van der Waals surface area contributed by atoms with Crippen LogP contribution < -0.4 is 25.4 Å². The number of amides is 3. The zero-order valence-electron chi connectivity index (χ0n) is 19.7. The van der Waals surface area contributed by atoms with Crippen LogP contribution in [-0.4, -0.2) is 43.3 Å². The second-order valence-electron chi connectivity index (χ2n) is 8.14. The first kappa shape index (κ1) is 28.0. The van der Waals surface area contributed by atoms with Crippen LogP contribution in [0.25, 0.3) is 6.08 Å². The van der Waals surface area contributed by atoms with Gasteiger partial charge in [0.2, 0.25) is 5.91 Å². The summed E-state index contributed by atoms with van der Waals surface area (Å²) >= 11 is 0. The summed E-state index contributed by atoms with van der Waals surface area (Å²) in [7, 11) is 0. The minimum atomic E-state index is -4.86. The van der Waals surface area contributed by atoms with Crippen LogP contribution in [0.5, 0.6) is 11.5 Å². The van der Waals surface area contributed by atoms with Crippen molar-refractivity contribution >= 4 is 23.8 Å². The normalized spacial score (nSPS) is 16.1. The van der Waals surface area contributed by atoms with Gasteiger partial charge in [0, 0.05) is 12.5 Å². The highest BCUT2D eigenvalue weighted by Crippen LogP contribution is 2.24. The Labute approximate surface area is 214 Å². The molecule has 1 aliphatic heterocycles. The second-order valence-corrected chi connectivity index (χ2v) is 8.14. The van der Waals surface area contributed by atoms with Crippen molar-refractivity contribution in [3.05, 3.63) is 65.6 Å². The van der Waals surface area contributed by atoms with E-state index in [1.54, 1.807) is 0 Å². The van der Waals surface area contributed by atoms with Crippen molar-refractivity contribution in [1.82, 2.24) is 16.0 Å². The lowest BCUT2D eigenvalue weighted by Crippen LogP contribution is -2.42. The number of nitrogens with zero attached hydrogens (tertiary/aromatic N) is 1. The van der Waals surface area contributed by atoms with Gasteiger partial charge in [0.05, 0.1) is 6.07 Å². The van der Waals surface area contributed by atoms with Crippen LogP contribution in [0, 0.1) is 23.1 Å². The minimum Gasteiger partial charge on any atom is -0.484 e. The van der Waals surface area contributed by atoms with E-state index < -0.39 is 48.3 Å². The maximum atomic E-state index is 13.6. The number of nitrogens with one attached hydrogen (secondary N) is 3. The van der Waals surface area contributed by atoms with Gasteiger partial charge < -0.3 is 25.4 Å². The molecule has 3 N–H and O–H groups in total.